The first-order chi connectivity index (χ1) is 19.5. The highest BCUT2D eigenvalue weighted by Crippen LogP contribution is 2.61. The van der Waals surface area contributed by atoms with Gasteiger partial charge in [0, 0.05) is 17.5 Å². The molecule has 0 radical (unpaired) electrons. The lowest BCUT2D eigenvalue weighted by Gasteiger charge is -2.45. The van der Waals surface area contributed by atoms with E-state index >= 15 is 0 Å². The summed E-state index contributed by atoms with van der Waals surface area (Å²) in [7, 11) is 0. The van der Waals surface area contributed by atoms with Crippen molar-refractivity contribution in [2.24, 2.45) is 11.8 Å². The van der Waals surface area contributed by atoms with E-state index in [-0.39, 0.29) is 30.3 Å². The Bertz CT molecular complexity index is 1390. The number of imide groups is 1. The summed E-state index contributed by atoms with van der Waals surface area (Å²) in [5.74, 6) is -2.29. The van der Waals surface area contributed by atoms with Gasteiger partial charge < -0.3 is 10.1 Å². The lowest BCUT2D eigenvalue weighted by atomic mass is 9.55. The van der Waals surface area contributed by atoms with Crippen LogP contribution in [0.4, 0.5) is 5.69 Å². The van der Waals surface area contributed by atoms with E-state index in [1.807, 2.05) is 30.5 Å². The number of amides is 3. The molecule has 8 heteroatoms. The summed E-state index contributed by atoms with van der Waals surface area (Å²) in [6.45, 7) is 2.01. The van der Waals surface area contributed by atoms with Gasteiger partial charge in [0.05, 0.1) is 24.0 Å². The molecule has 4 aliphatic rings. The molecule has 0 spiro atoms. The molecule has 3 unspecified atom stereocenters. The van der Waals surface area contributed by atoms with Gasteiger partial charge in [0.25, 0.3) is 0 Å². The number of thioether (sulfide) groups is 1. The molecule has 3 aliphatic carbocycles. The van der Waals surface area contributed by atoms with Crippen LogP contribution in [0.25, 0.3) is 0 Å². The Hall–Kier alpha value is -3.91. The van der Waals surface area contributed by atoms with Gasteiger partial charge in [-0.05, 0) is 71.9 Å². The minimum absolute atomic E-state index is 0.219. The molecule has 0 aromatic heterocycles. The summed E-state index contributed by atoms with van der Waals surface area (Å²) in [5.41, 5.74) is 5.25. The summed E-state index contributed by atoms with van der Waals surface area (Å²) >= 11 is 1.56. The van der Waals surface area contributed by atoms with E-state index in [0.29, 0.717) is 23.4 Å². The zero-order valence-corrected chi connectivity index (χ0v) is 23.1. The van der Waals surface area contributed by atoms with Crippen LogP contribution in [0.3, 0.4) is 0 Å². The standard InChI is InChI=1S/C32H30N2O5S/c1-3-39-32(38)18-12-14-19(15-13-18)33-29(35)24(16-17-40-2)34-30(36)27-25-20-8-4-5-9-21(20)26(28(27)31(34)37)23-11-7-6-10-22(23)25/h4-15,24-28H,3,16-17H2,1-2H3,(H,33,35). The van der Waals surface area contributed by atoms with Gasteiger partial charge in [0.2, 0.25) is 17.7 Å². The highest BCUT2D eigenvalue weighted by atomic mass is 32.2. The molecule has 204 valence electrons. The van der Waals surface area contributed by atoms with E-state index in [1.54, 1.807) is 43.0 Å². The van der Waals surface area contributed by atoms with Crippen molar-refractivity contribution in [3.8, 4) is 0 Å². The maximum atomic E-state index is 14.2. The smallest absolute Gasteiger partial charge is 0.338 e. The number of likely N-dealkylation sites (tertiary alicyclic amines) is 1. The number of esters is 1. The fourth-order valence-electron chi connectivity index (χ4n) is 6.74. The van der Waals surface area contributed by atoms with Gasteiger partial charge in [-0.3, -0.25) is 19.3 Å². The predicted molar refractivity (Wildman–Crippen MR) is 153 cm³/mol. The van der Waals surface area contributed by atoms with Crippen LogP contribution in [0.5, 0.6) is 0 Å². The van der Waals surface area contributed by atoms with Crippen LogP contribution in [0.15, 0.2) is 72.8 Å². The summed E-state index contributed by atoms with van der Waals surface area (Å²) in [6, 6.07) is 21.7. The first-order valence-electron chi connectivity index (χ1n) is 13.6. The Balaban J connectivity index is 1.32. The summed E-state index contributed by atoms with van der Waals surface area (Å²) in [4.78, 5) is 55.3. The third kappa shape index (κ3) is 4.13. The topological polar surface area (TPSA) is 92.8 Å². The number of ether oxygens (including phenoxy) is 1. The quantitative estimate of drug-likeness (QED) is 0.317. The maximum absolute atomic E-state index is 14.2. The van der Waals surface area contributed by atoms with Crippen LogP contribution in [-0.2, 0) is 19.1 Å². The van der Waals surface area contributed by atoms with E-state index in [1.165, 1.54) is 4.90 Å². The van der Waals surface area contributed by atoms with Crippen LogP contribution < -0.4 is 5.32 Å². The predicted octanol–water partition coefficient (Wildman–Crippen LogP) is 4.82. The number of nitrogens with zero attached hydrogens (tertiary/aromatic N) is 1. The van der Waals surface area contributed by atoms with E-state index in [0.717, 1.165) is 22.3 Å². The van der Waals surface area contributed by atoms with Crippen molar-refractivity contribution in [3.63, 3.8) is 0 Å². The molecule has 1 aliphatic heterocycles. The summed E-state index contributed by atoms with van der Waals surface area (Å²) in [5, 5.41) is 2.87. The van der Waals surface area contributed by atoms with Gasteiger partial charge in [0.15, 0.2) is 0 Å². The molecule has 1 fully saturated rings. The Morgan fingerprint density at radius 3 is 1.80 bits per heavy atom. The van der Waals surface area contributed by atoms with Crippen molar-refractivity contribution >= 4 is 41.1 Å². The second kappa shape index (κ2) is 10.6. The minimum atomic E-state index is -0.937. The Morgan fingerprint density at radius 2 is 1.35 bits per heavy atom. The normalized spacial score (nSPS) is 22.8. The molecule has 3 aromatic rings. The average Bonchev–Trinajstić information content (AvgIpc) is 3.24. The highest BCUT2D eigenvalue weighted by molar-refractivity contribution is 7.98. The van der Waals surface area contributed by atoms with Gasteiger partial charge in [0.1, 0.15) is 6.04 Å². The van der Waals surface area contributed by atoms with Crippen molar-refractivity contribution in [1.29, 1.82) is 0 Å². The van der Waals surface area contributed by atoms with E-state index < -0.39 is 29.8 Å². The third-order valence-corrected chi connectivity index (χ3v) is 9.00. The molecular formula is C32H30N2O5S. The molecule has 2 bridgehead atoms. The lowest BCUT2D eigenvalue weighted by Crippen LogP contribution is -2.48. The molecule has 3 amide bonds. The van der Waals surface area contributed by atoms with Crippen LogP contribution in [0.1, 0.15) is 57.8 Å². The van der Waals surface area contributed by atoms with Gasteiger partial charge in [-0.2, -0.15) is 11.8 Å². The Kier molecular flexibility index (Phi) is 6.96. The number of carbonyl (C=O) groups excluding carboxylic acids is 4. The van der Waals surface area contributed by atoms with Crippen molar-refractivity contribution in [2.45, 2.75) is 31.2 Å². The number of hydrogen-bond acceptors (Lipinski definition) is 6. The molecule has 1 saturated heterocycles. The number of hydrogen-bond donors (Lipinski definition) is 1. The van der Waals surface area contributed by atoms with Gasteiger partial charge >= 0.3 is 5.97 Å². The minimum Gasteiger partial charge on any atom is -0.462 e. The summed E-state index contributed by atoms with van der Waals surface area (Å²) in [6.07, 6.45) is 2.28. The molecular weight excluding hydrogens is 524 g/mol. The third-order valence-electron chi connectivity index (χ3n) is 8.36. The monoisotopic (exact) mass is 554 g/mol. The van der Waals surface area contributed by atoms with Gasteiger partial charge in [-0.1, -0.05) is 48.5 Å². The van der Waals surface area contributed by atoms with E-state index in [2.05, 4.69) is 29.6 Å². The highest BCUT2D eigenvalue weighted by Gasteiger charge is 2.62. The van der Waals surface area contributed by atoms with Crippen LogP contribution in [0.2, 0.25) is 0 Å². The first-order valence-corrected chi connectivity index (χ1v) is 15.0. The van der Waals surface area contributed by atoms with Crippen molar-refractivity contribution < 1.29 is 23.9 Å². The first kappa shape index (κ1) is 26.3. The fraction of sp³-hybridized carbons (Fsp3) is 0.312. The molecule has 1 heterocycles. The van der Waals surface area contributed by atoms with Crippen molar-refractivity contribution in [3.05, 3.63) is 101 Å². The number of benzene rings is 3. The number of rotatable bonds is 8. The van der Waals surface area contributed by atoms with Gasteiger partial charge in [-0.15, -0.1) is 0 Å². The number of anilines is 1. The lowest BCUT2D eigenvalue weighted by molar-refractivity contribution is -0.146. The number of nitrogens with one attached hydrogen (secondary N) is 1. The Morgan fingerprint density at radius 1 is 0.850 bits per heavy atom. The largest absolute Gasteiger partial charge is 0.462 e. The average molecular weight is 555 g/mol. The maximum Gasteiger partial charge on any atom is 0.338 e. The SMILES string of the molecule is CCOC(=O)c1ccc(NC(=O)C(CCSC)N2C(=O)C3C4c5ccccc5C(c5ccccc54)C3C2=O)cc1. The molecule has 7 nitrogen and oxygen atoms in total. The second-order valence-electron chi connectivity index (χ2n) is 10.4. The summed E-state index contributed by atoms with van der Waals surface area (Å²) < 4.78 is 5.03. The van der Waals surface area contributed by atoms with E-state index in [9.17, 15) is 19.2 Å². The molecule has 0 saturated carbocycles. The molecule has 3 aromatic carbocycles. The van der Waals surface area contributed by atoms with Crippen LogP contribution in [-0.4, -0.2) is 53.2 Å². The van der Waals surface area contributed by atoms with Crippen molar-refractivity contribution in [1.82, 2.24) is 4.90 Å². The zero-order valence-electron chi connectivity index (χ0n) is 22.3. The Labute approximate surface area is 237 Å². The number of carbonyl (C=O) groups is 4. The second-order valence-corrected chi connectivity index (χ2v) is 11.4. The van der Waals surface area contributed by atoms with Crippen LogP contribution >= 0.6 is 11.8 Å². The molecule has 3 atom stereocenters. The molecule has 7 rings (SSSR count). The molecule has 1 N–H and O–H groups in total. The van der Waals surface area contributed by atoms with Crippen LogP contribution in [0, 0.1) is 11.8 Å². The molecule has 40 heavy (non-hydrogen) atoms. The van der Waals surface area contributed by atoms with E-state index in [4.69, 9.17) is 4.74 Å². The van der Waals surface area contributed by atoms with Crippen molar-refractivity contribution in [2.75, 3.05) is 23.9 Å². The van der Waals surface area contributed by atoms with Gasteiger partial charge in [-0.25, -0.2) is 4.79 Å². The fourth-order valence-corrected chi connectivity index (χ4v) is 7.20. The zero-order chi connectivity index (χ0) is 28.0.